The topological polar surface area (TPSA) is 90.7 Å². The van der Waals surface area contributed by atoms with Crippen molar-refractivity contribution in [2.24, 2.45) is 0 Å². The Morgan fingerprint density at radius 1 is 1.22 bits per heavy atom. The number of carbonyl (C=O) groups is 1. The lowest BCUT2D eigenvalue weighted by atomic mass is 10.2. The highest BCUT2D eigenvalue weighted by Crippen LogP contribution is 2.31. The molecule has 1 heterocycles. The fraction of sp³-hybridized carbons (Fsp3) is 0.111. The van der Waals surface area contributed by atoms with E-state index in [1.807, 2.05) is 6.07 Å². The number of carbonyl (C=O) groups excluding carboxylic acids is 1. The van der Waals surface area contributed by atoms with Crippen LogP contribution in [0, 0.1) is 17.1 Å². The van der Waals surface area contributed by atoms with Gasteiger partial charge in [0, 0.05) is 11.4 Å². The van der Waals surface area contributed by atoms with Gasteiger partial charge in [-0.3, -0.25) is 4.79 Å². The molecule has 2 N–H and O–H groups in total. The molecule has 3 aromatic rings. The zero-order valence-corrected chi connectivity index (χ0v) is 15.8. The smallest absolute Gasteiger partial charge is 0.237 e. The molecule has 2 aromatic carbocycles. The Kier molecular flexibility index (Phi) is 6.01. The largest absolute Gasteiger partial charge is 0.330 e. The highest BCUT2D eigenvalue weighted by molar-refractivity contribution is 8.02. The maximum atomic E-state index is 13.2. The molecule has 1 atom stereocenters. The molecule has 27 heavy (non-hydrogen) atoms. The number of hydrogen-bond donors (Lipinski definition) is 2. The molecule has 1 aromatic heterocycles. The van der Waals surface area contributed by atoms with Gasteiger partial charge >= 0.3 is 0 Å². The first-order valence-electron chi connectivity index (χ1n) is 7.87. The first-order valence-corrected chi connectivity index (χ1v) is 9.57. The molecule has 9 heteroatoms. The normalized spacial score (nSPS) is 11.4. The van der Waals surface area contributed by atoms with Crippen molar-refractivity contribution in [3.05, 3.63) is 59.9 Å². The number of nitrogens with one attached hydrogen (secondary N) is 2. The van der Waals surface area contributed by atoms with Crippen LogP contribution in [0.4, 0.5) is 20.9 Å². The second-order valence-electron chi connectivity index (χ2n) is 5.45. The minimum atomic E-state index is -0.411. The second kappa shape index (κ2) is 8.62. The van der Waals surface area contributed by atoms with E-state index in [1.54, 1.807) is 43.3 Å². The molecule has 1 unspecified atom stereocenters. The van der Waals surface area contributed by atoms with Crippen LogP contribution in [-0.2, 0) is 4.79 Å². The number of rotatable bonds is 6. The van der Waals surface area contributed by atoms with Crippen LogP contribution in [0.3, 0.4) is 0 Å². The summed E-state index contributed by atoms with van der Waals surface area (Å²) in [7, 11) is 0. The van der Waals surface area contributed by atoms with Crippen molar-refractivity contribution in [1.82, 2.24) is 10.2 Å². The van der Waals surface area contributed by atoms with Crippen molar-refractivity contribution in [1.29, 1.82) is 5.26 Å². The quantitative estimate of drug-likeness (QED) is 0.597. The molecule has 0 saturated carbocycles. The number of benzene rings is 2. The fourth-order valence-electron chi connectivity index (χ4n) is 2.11. The van der Waals surface area contributed by atoms with Crippen LogP contribution in [0.5, 0.6) is 0 Å². The van der Waals surface area contributed by atoms with Gasteiger partial charge in [-0.25, -0.2) is 4.39 Å². The maximum Gasteiger partial charge on any atom is 0.237 e. The summed E-state index contributed by atoms with van der Waals surface area (Å²) >= 11 is 2.55. The van der Waals surface area contributed by atoms with Gasteiger partial charge in [0.15, 0.2) is 4.34 Å². The minimum absolute atomic E-state index is 0.204. The van der Waals surface area contributed by atoms with Gasteiger partial charge in [0.25, 0.3) is 0 Å². The zero-order chi connectivity index (χ0) is 19.2. The summed E-state index contributed by atoms with van der Waals surface area (Å²) in [5.41, 5.74) is 1.62. The standard InChI is InChI=1S/C18H14FN5OS2/c1-11(16(25)21-14-6-2-4-12(8-14)10-20)26-18-24-23-17(27-18)22-15-7-3-5-13(19)9-15/h2-9,11H,1H3,(H,21,25)(H,22,23). The van der Waals surface area contributed by atoms with Gasteiger partial charge in [-0.2, -0.15) is 5.26 Å². The van der Waals surface area contributed by atoms with E-state index in [1.165, 1.54) is 35.2 Å². The third-order valence-corrected chi connectivity index (χ3v) is 5.41. The molecule has 0 radical (unpaired) electrons. The molecule has 0 aliphatic heterocycles. The average Bonchev–Trinajstić information content (AvgIpc) is 3.08. The fourth-order valence-corrected chi connectivity index (χ4v) is 4.03. The number of halogens is 1. The van der Waals surface area contributed by atoms with Crippen molar-refractivity contribution in [3.63, 3.8) is 0 Å². The molecule has 0 spiro atoms. The molecule has 0 aliphatic rings. The molecule has 0 bridgehead atoms. The zero-order valence-electron chi connectivity index (χ0n) is 14.1. The lowest BCUT2D eigenvalue weighted by molar-refractivity contribution is -0.115. The van der Waals surface area contributed by atoms with Crippen LogP contribution < -0.4 is 10.6 Å². The van der Waals surface area contributed by atoms with E-state index in [9.17, 15) is 9.18 Å². The van der Waals surface area contributed by atoms with Crippen LogP contribution >= 0.6 is 23.1 Å². The number of thioether (sulfide) groups is 1. The Morgan fingerprint density at radius 3 is 2.78 bits per heavy atom. The van der Waals surface area contributed by atoms with Crippen molar-refractivity contribution < 1.29 is 9.18 Å². The Labute approximate surface area is 163 Å². The Hall–Kier alpha value is -2.96. The highest BCUT2D eigenvalue weighted by atomic mass is 32.2. The Balaban J connectivity index is 1.59. The molecule has 0 fully saturated rings. The van der Waals surface area contributed by atoms with Gasteiger partial charge in [-0.1, -0.05) is 35.2 Å². The molecule has 136 valence electrons. The van der Waals surface area contributed by atoms with Gasteiger partial charge in [-0.05, 0) is 43.3 Å². The Morgan fingerprint density at radius 2 is 2.00 bits per heavy atom. The minimum Gasteiger partial charge on any atom is -0.330 e. The summed E-state index contributed by atoms with van der Waals surface area (Å²) in [6.45, 7) is 1.76. The van der Waals surface area contributed by atoms with Crippen molar-refractivity contribution >= 4 is 45.5 Å². The SMILES string of the molecule is CC(Sc1nnc(Nc2cccc(F)c2)s1)C(=O)Nc1cccc(C#N)c1. The van der Waals surface area contributed by atoms with Crippen LogP contribution in [0.2, 0.25) is 0 Å². The van der Waals surface area contributed by atoms with Crippen molar-refractivity contribution in [2.75, 3.05) is 10.6 Å². The van der Waals surface area contributed by atoms with Crippen molar-refractivity contribution in [2.45, 2.75) is 16.5 Å². The number of anilines is 3. The molecular weight excluding hydrogens is 385 g/mol. The number of nitrogens with zero attached hydrogens (tertiary/aromatic N) is 3. The first kappa shape index (κ1) is 18.8. The lowest BCUT2D eigenvalue weighted by Crippen LogP contribution is -2.22. The highest BCUT2D eigenvalue weighted by Gasteiger charge is 2.17. The molecule has 3 rings (SSSR count). The van der Waals surface area contributed by atoms with Gasteiger partial charge in [0.05, 0.1) is 16.9 Å². The van der Waals surface area contributed by atoms with Gasteiger partial charge in [0.1, 0.15) is 5.82 Å². The molecule has 0 saturated heterocycles. The van der Waals surface area contributed by atoms with E-state index >= 15 is 0 Å². The molecule has 1 amide bonds. The maximum absolute atomic E-state index is 13.2. The second-order valence-corrected chi connectivity index (χ2v) is 8.02. The van der Waals surface area contributed by atoms with E-state index in [-0.39, 0.29) is 11.7 Å². The van der Waals surface area contributed by atoms with Crippen LogP contribution in [0.15, 0.2) is 52.9 Å². The monoisotopic (exact) mass is 399 g/mol. The first-order chi connectivity index (χ1) is 13.0. The third-order valence-electron chi connectivity index (χ3n) is 3.39. The van der Waals surface area contributed by atoms with Gasteiger partial charge < -0.3 is 10.6 Å². The molecular formula is C18H14FN5OS2. The van der Waals surface area contributed by atoms with Crippen LogP contribution in [0.1, 0.15) is 12.5 Å². The molecule has 6 nitrogen and oxygen atoms in total. The van der Waals surface area contributed by atoms with Crippen LogP contribution in [-0.4, -0.2) is 21.4 Å². The summed E-state index contributed by atoms with van der Waals surface area (Å²) in [6, 6.07) is 14.8. The predicted molar refractivity (Wildman–Crippen MR) is 105 cm³/mol. The van der Waals surface area contributed by atoms with E-state index in [0.717, 1.165) is 0 Å². The number of nitriles is 1. The van der Waals surface area contributed by atoms with Gasteiger partial charge in [-0.15, -0.1) is 10.2 Å². The van der Waals surface area contributed by atoms with E-state index in [2.05, 4.69) is 20.8 Å². The van der Waals surface area contributed by atoms with E-state index in [0.29, 0.717) is 26.4 Å². The van der Waals surface area contributed by atoms with E-state index < -0.39 is 5.25 Å². The summed E-state index contributed by atoms with van der Waals surface area (Å²) in [6.07, 6.45) is 0. The van der Waals surface area contributed by atoms with Crippen molar-refractivity contribution in [3.8, 4) is 6.07 Å². The average molecular weight is 399 g/mol. The summed E-state index contributed by atoms with van der Waals surface area (Å²) in [4.78, 5) is 12.3. The number of aromatic nitrogens is 2. The van der Waals surface area contributed by atoms with Crippen LogP contribution in [0.25, 0.3) is 0 Å². The summed E-state index contributed by atoms with van der Waals surface area (Å²) in [5.74, 6) is -0.546. The predicted octanol–water partition coefficient (Wildman–Crippen LogP) is 4.41. The van der Waals surface area contributed by atoms with Gasteiger partial charge in [0.2, 0.25) is 11.0 Å². The third kappa shape index (κ3) is 5.26. The summed E-state index contributed by atoms with van der Waals surface area (Å²) < 4.78 is 13.8. The Bertz CT molecular complexity index is 1000. The van der Waals surface area contributed by atoms with E-state index in [4.69, 9.17) is 5.26 Å². The summed E-state index contributed by atoms with van der Waals surface area (Å²) in [5, 5.41) is 22.8. The molecule has 0 aliphatic carbocycles. The number of amides is 1. The lowest BCUT2D eigenvalue weighted by Gasteiger charge is -2.10. The number of hydrogen-bond acceptors (Lipinski definition) is 7.